The van der Waals surface area contributed by atoms with Crippen LogP contribution in [0.5, 0.6) is 0 Å². The number of aryl methyl sites for hydroxylation is 1. The maximum Gasteiger partial charge on any atom is 0.205 e. The first-order chi connectivity index (χ1) is 8.70. The van der Waals surface area contributed by atoms with Crippen LogP contribution in [0.4, 0.5) is 11.6 Å². The summed E-state index contributed by atoms with van der Waals surface area (Å²) in [5.74, 6) is 1.01. The van der Waals surface area contributed by atoms with E-state index >= 15 is 0 Å². The molecule has 1 aromatic carbocycles. The Labute approximate surface area is 108 Å². The zero-order chi connectivity index (χ0) is 13.0. The van der Waals surface area contributed by atoms with Crippen molar-refractivity contribution >= 4 is 11.6 Å². The summed E-state index contributed by atoms with van der Waals surface area (Å²) in [5, 5.41) is 0. The number of imidazole rings is 1. The lowest BCUT2D eigenvalue weighted by Gasteiger charge is -2.19. The summed E-state index contributed by atoms with van der Waals surface area (Å²) in [6.45, 7) is 4.01. The number of benzene rings is 1. The Balaban J connectivity index is 2.09. The van der Waals surface area contributed by atoms with Crippen molar-refractivity contribution in [3.63, 3.8) is 0 Å². The van der Waals surface area contributed by atoms with Crippen LogP contribution in [0.3, 0.4) is 0 Å². The van der Waals surface area contributed by atoms with Gasteiger partial charge in [0.2, 0.25) is 5.95 Å². The van der Waals surface area contributed by atoms with Gasteiger partial charge >= 0.3 is 0 Å². The van der Waals surface area contributed by atoms with Crippen molar-refractivity contribution in [1.29, 1.82) is 0 Å². The molecule has 0 spiro atoms. The smallest absolute Gasteiger partial charge is 0.205 e. The first-order valence-electron chi connectivity index (χ1n) is 6.27. The molecule has 0 saturated carbocycles. The van der Waals surface area contributed by atoms with E-state index in [1.165, 1.54) is 5.56 Å². The highest BCUT2D eigenvalue weighted by Crippen LogP contribution is 2.14. The number of hydrogen-bond donors (Lipinski definition) is 1. The zero-order valence-corrected chi connectivity index (χ0v) is 11.0. The van der Waals surface area contributed by atoms with Gasteiger partial charge in [-0.3, -0.25) is 0 Å². The molecule has 2 N–H and O–H groups in total. The molecule has 1 heterocycles. The van der Waals surface area contributed by atoms with Crippen molar-refractivity contribution in [3.05, 3.63) is 42.2 Å². The SMILES string of the molecule is CCCn1ccnc1N(C)Cc1ccc(N)cc1. The predicted molar refractivity (Wildman–Crippen MR) is 75.5 cm³/mol. The van der Waals surface area contributed by atoms with Crippen LogP contribution >= 0.6 is 0 Å². The fraction of sp³-hybridized carbons (Fsp3) is 0.357. The first-order valence-corrected chi connectivity index (χ1v) is 6.27. The Morgan fingerprint density at radius 3 is 2.67 bits per heavy atom. The summed E-state index contributed by atoms with van der Waals surface area (Å²) in [4.78, 5) is 6.57. The molecule has 0 fully saturated rings. The molecule has 0 unspecified atom stereocenters. The molecule has 0 bridgehead atoms. The average molecular weight is 244 g/mol. The minimum atomic E-state index is 0.800. The van der Waals surface area contributed by atoms with E-state index < -0.39 is 0 Å². The fourth-order valence-corrected chi connectivity index (χ4v) is 2.02. The van der Waals surface area contributed by atoms with Gasteiger partial charge in [0.05, 0.1) is 0 Å². The minimum Gasteiger partial charge on any atom is -0.399 e. The second-order valence-electron chi connectivity index (χ2n) is 4.52. The van der Waals surface area contributed by atoms with Gasteiger partial charge < -0.3 is 15.2 Å². The highest BCUT2D eigenvalue weighted by Gasteiger charge is 2.08. The highest BCUT2D eigenvalue weighted by molar-refractivity contribution is 5.41. The fourth-order valence-electron chi connectivity index (χ4n) is 2.02. The van der Waals surface area contributed by atoms with Gasteiger partial charge in [0, 0.05) is 38.2 Å². The largest absolute Gasteiger partial charge is 0.399 e. The molecule has 0 aliphatic rings. The average Bonchev–Trinajstić information content (AvgIpc) is 2.81. The Hall–Kier alpha value is -1.97. The maximum atomic E-state index is 5.69. The van der Waals surface area contributed by atoms with Crippen LogP contribution in [0.2, 0.25) is 0 Å². The van der Waals surface area contributed by atoms with Crippen molar-refractivity contribution in [3.8, 4) is 0 Å². The summed E-state index contributed by atoms with van der Waals surface area (Å²) >= 11 is 0. The van der Waals surface area contributed by atoms with Crippen LogP contribution in [0.15, 0.2) is 36.7 Å². The number of aromatic nitrogens is 2. The van der Waals surface area contributed by atoms with Crippen LogP contribution in [0, 0.1) is 0 Å². The van der Waals surface area contributed by atoms with Gasteiger partial charge in [-0.05, 0) is 24.1 Å². The van der Waals surface area contributed by atoms with E-state index in [1.54, 1.807) is 0 Å². The Morgan fingerprint density at radius 1 is 1.28 bits per heavy atom. The first kappa shape index (κ1) is 12.5. The van der Waals surface area contributed by atoms with Crippen LogP contribution in [0.25, 0.3) is 0 Å². The van der Waals surface area contributed by atoms with Gasteiger partial charge in [0.25, 0.3) is 0 Å². The minimum absolute atomic E-state index is 0.800. The molecule has 0 aliphatic heterocycles. The molecule has 4 heteroatoms. The van der Waals surface area contributed by atoms with Gasteiger partial charge in [0.15, 0.2) is 0 Å². The Kier molecular flexibility index (Phi) is 3.87. The third kappa shape index (κ3) is 2.83. The van der Waals surface area contributed by atoms with Crippen molar-refractivity contribution < 1.29 is 0 Å². The van der Waals surface area contributed by atoms with Crippen molar-refractivity contribution in [2.24, 2.45) is 0 Å². The molecular weight excluding hydrogens is 224 g/mol. The molecule has 2 aromatic rings. The molecule has 0 saturated heterocycles. The van der Waals surface area contributed by atoms with Gasteiger partial charge in [-0.15, -0.1) is 0 Å². The summed E-state index contributed by atoms with van der Waals surface area (Å²) in [7, 11) is 2.06. The van der Waals surface area contributed by atoms with Gasteiger partial charge in [-0.25, -0.2) is 4.98 Å². The normalized spacial score (nSPS) is 10.6. The van der Waals surface area contributed by atoms with E-state index in [2.05, 4.69) is 40.6 Å². The second-order valence-corrected chi connectivity index (χ2v) is 4.52. The topological polar surface area (TPSA) is 47.1 Å². The number of hydrogen-bond acceptors (Lipinski definition) is 3. The van der Waals surface area contributed by atoms with Crippen LogP contribution in [-0.2, 0) is 13.1 Å². The van der Waals surface area contributed by atoms with Crippen LogP contribution in [-0.4, -0.2) is 16.6 Å². The summed E-state index contributed by atoms with van der Waals surface area (Å²) in [6, 6.07) is 7.97. The molecule has 0 amide bonds. The number of nitrogen functional groups attached to an aromatic ring is 1. The van der Waals surface area contributed by atoms with Crippen molar-refractivity contribution in [2.75, 3.05) is 17.7 Å². The van der Waals surface area contributed by atoms with E-state index in [9.17, 15) is 0 Å². The Bertz CT molecular complexity index is 487. The third-order valence-corrected chi connectivity index (χ3v) is 2.90. The van der Waals surface area contributed by atoms with Gasteiger partial charge in [0.1, 0.15) is 0 Å². The molecule has 18 heavy (non-hydrogen) atoms. The quantitative estimate of drug-likeness (QED) is 0.822. The molecule has 2 rings (SSSR count). The molecular formula is C14H20N4. The molecule has 0 aliphatic carbocycles. The second kappa shape index (κ2) is 5.58. The third-order valence-electron chi connectivity index (χ3n) is 2.90. The van der Waals surface area contributed by atoms with E-state index in [-0.39, 0.29) is 0 Å². The summed E-state index contributed by atoms with van der Waals surface area (Å²) in [5.41, 5.74) is 7.72. The maximum absolute atomic E-state index is 5.69. The molecule has 4 nitrogen and oxygen atoms in total. The van der Waals surface area contributed by atoms with E-state index in [1.807, 2.05) is 24.5 Å². The lowest BCUT2D eigenvalue weighted by atomic mass is 10.2. The summed E-state index contributed by atoms with van der Waals surface area (Å²) in [6.07, 6.45) is 4.99. The number of rotatable bonds is 5. The van der Waals surface area contributed by atoms with Gasteiger partial charge in [-0.2, -0.15) is 0 Å². The summed E-state index contributed by atoms with van der Waals surface area (Å²) < 4.78 is 2.18. The number of nitrogens with zero attached hydrogens (tertiary/aromatic N) is 3. The molecule has 1 aromatic heterocycles. The molecule has 0 radical (unpaired) electrons. The lowest BCUT2D eigenvalue weighted by molar-refractivity contribution is 0.662. The van der Waals surface area contributed by atoms with E-state index in [0.717, 1.165) is 31.1 Å². The molecule has 96 valence electrons. The lowest BCUT2D eigenvalue weighted by Crippen LogP contribution is -2.20. The monoisotopic (exact) mass is 244 g/mol. The number of nitrogens with two attached hydrogens (primary N) is 1. The van der Waals surface area contributed by atoms with Crippen molar-refractivity contribution in [2.45, 2.75) is 26.4 Å². The molecule has 0 atom stereocenters. The van der Waals surface area contributed by atoms with E-state index in [4.69, 9.17) is 5.73 Å². The van der Waals surface area contributed by atoms with Crippen LogP contribution < -0.4 is 10.6 Å². The number of anilines is 2. The predicted octanol–water partition coefficient (Wildman–Crippen LogP) is 2.51. The van der Waals surface area contributed by atoms with Gasteiger partial charge in [-0.1, -0.05) is 19.1 Å². The van der Waals surface area contributed by atoms with E-state index in [0.29, 0.717) is 0 Å². The van der Waals surface area contributed by atoms with Crippen LogP contribution in [0.1, 0.15) is 18.9 Å². The zero-order valence-electron chi connectivity index (χ0n) is 11.0. The van der Waals surface area contributed by atoms with Crippen molar-refractivity contribution in [1.82, 2.24) is 9.55 Å². The standard InChI is InChI=1S/C14H20N4/c1-3-9-18-10-8-16-14(18)17(2)11-12-4-6-13(15)7-5-12/h4-8,10H,3,9,11,15H2,1-2H3. The highest BCUT2D eigenvalue weighted by atomic mass is 15.3. The Morgan fingerprint density at radius 2 is 2.00 bits per heavy atom.